The average Bonchev–Trinajstić information content (AvgIpc) is 3.32. The van der Waals surface area contributed by atoms with E-state index in [0.717, 1.165) is 38.1 Å². The van der Waals surface area contributed by atoms with E-state index in [2.05, 4.69) is 15.4 Å². The number of hydrogen-bond donors (Lipinski definition) is 1. The fourth-order valence-corrected chi connectivity index (χ4v) is 3.70. The molecule has 1 aromatic heterocycles. The van der Waals surface area contributed by atoms with Gasteiger partial charge < -0.3 is 10.2 Å². The first-order chi connectivity index (χ1) is 12.8. The van der Waals surface area contributed by atoms with Crippen LogP contribution < -0.4 is 5.32 Å². The van der Waals surface area contributed by atoms with Gasteiger partial charge in [-0.3, -0.25) is 4.79 Å². The average molecular weight is 415 g/mol. The molecule has 1 aliphatic heterocycles. The van der Waals surface area contributed by atoms with Crippen LogP contribution >= 0.6 is 24.0 Å². The number of carbonyl (C=O) groups is 1. The van der Waals surface area contributed by atoms with E-state index in [4.69, 9.17) is 12.2 Å². The largest absolute Gasteiger partial charge is 0.416 e. The zero-order valence-corrected chi connectivity index (χ0v) is 15.7. The zero-order chi connectivity index (χ0) is 19.4. The number of thioether (sulfide) groups is 1. The molecule has 0 atom stereocenters. The number of aromatic nitrogens is 3. The number of halogens is 3. The van der Waals surface area contributed by atoms with Crippen LogP contribution in [0.3, 0.4) is 0 Å². The molecule has 1 fully saturated rings. The lowest BCUT2D eigenvalue weighted by Crippen LogP contribution is -2.25. The highest BCUT2D eigenvalue weighted by Crippen LogP contribution is 2.33. The first-order valence-electron chi connectivity index (χ1n) is 8.12. The molecule has 11 heteroatoms. The number of thiocarbonyl (C=S) groups is 1. The van der Waals surface area contributed by atoms with Gasteiger partial charge in [0.05, 0.1) is 22.7 Å². The highest BCUT2D eigenvalue weighted by molar-refractivity contribution is 8.23. The first kappa shape index (κ1) is 19.6. The van der Waals surface area contributed by atoms with Gasteiger partial charge in [-0.05, 0) is 31.0 Å². The van der Waals surface area contributed by atoms with Crippen molar-refractivity contribution in [1.29, 1.82) is 0 Å². The number of likely N-dealkylation sites (tertiary alicyclic amines) is 1. The molecule has 0 spiro atoms. The van der Waals surface area contributed by atoms with Crippen LogP contribution in [0.1, 0.15) is 18.4 Å². The Labute approximate surface area is 163 Å². The Hall–Kier alpha value is -2.14. The number of nitrogens with zero attached hydrogens (tertiary/aromatic N) is 4. The SMILES string of the molecule is O=C(CSC(=S)N1CCCC1)Nc1cc(C(F)(F)F)ccc1-n1cncn1. The topological polar surface area (TPSA) is 63.1 Å². The van der Waals surface area contributed by atoms with E-state index < -0.39 is 17.6 Å². The van der Waals surface area contributed by atoms with Crippen molar-refractivity contribution in [2.45, 2.75) is 19.0 Å². The molecule has 27 heavy (non-hydrogen) atoms. The molecule has 2 heterocycles. The van der Waals surface area contributed by atoms with Crippen LogP contribution in [-0.4, -0.2) is 48.7 Å². The summed E-state index contributed by atoms with van der Waals surface area (Å²) in [5.41, 5.74) is -0.559. The summed E-state index contributed by atoms with van der Waals surface area (Å²) < 4.78 is 41.0. The highest BCUT2D eigenvalue weighted by Gasteiger charge is 2.31. The summed E-state index contributed by atoms with van der Waals surface area (Å²) in [5.74, 6) is -0.426. The minimum Gasteiger partial charge on any atom is -0.358 e. The summed E-state index contributed by atoms with van der Waals surface area (Å²) in [6.45, 7) is 1.75. The van der Waals surface area contributed by atoms with Crippen molar-refractivity contribution < 1.29 is 18.0 Å². The zero-order valence-electron chi connectivity index (χ0n) is 14.1. The number of anilines is 1. The van der Waals surface area contributed by atoms with Crippen molar-refractivity contribution in [2.75, 3.05) is 24.2 Å². The third kappa shape index (κ3) is 4.98. The molecule has 1 aliphatic rings. The lowest BCUT2D eigenvalue weighted by atomic mass is 10.1. The van der Waals surface area contributed by atoms with Crippen molar-refractivity contribution >= 4 is 39.9 Å². The van der Waals surface area contributed by atoms with E-state index >= 15 is 0 Å². The molecule has 0 aliphatic carbocycles. The van der Waals surface area contributed by atoms with Crippen molar-refractivity contribution in [1.82, 2.24) is 19.7 Å². The van der Waals surface area contributed by atoms with E-state index in [1.165, 1.54) is 35.2 Å². The van der Waals surface area contributed by atoms with Gasteiger partial charge in [-0.1, -0.05) is 24.0 Å². The van der Waals surface area contributed by atoms with Crippen LogP contribution in [0.25, 0.3) is 5.69 Å². The summed E-state index contributed by atoms with van der Waals surface area (Å²) in [4.78, 5) is 18.1. The number of alkyl halides is 3. The molecular formula is C16H16F3N5OS2. The van der Waals surface area contributed by atoms with Gasteiger partial charge in [0.2, 0.25) is 5.91 Å². The summed E-state index contributed by atoms with van der Waals surface area (Å²) in [6, 6.07) is 3.07. The van der Waals surface area contributed by atoms with Crippen LogP contribution in [0.5, 0.6) is 0 Å². The van der Waals surface area contributed by atoms with Crippen molar-refractivity contribution in [3.8, 4) is 5.69 Å². The Morgan fingerprint density at radius 1 is 1.30 bits per heavy atom. The maximum absolute atomic E-state index is 13.0. The molecule has 0 unspecified atom stereocenters. The van der Waals surface area contributed by atoms with Gasteiger partial charge in [0.1, 0.15) is 17.0 Å². The van der Waals surface area contributed by atoms with E-state index in [0.29, 0.717) is 10.0 Å². The minimum absolute atomic E-state index is 0.00742. The van der Waals surface area contributed by atoms with Gasteiger partial charge in [-0.25, -0.2) is 9.67 Å². The molecule has 1 saturated heterocycles. The second kappa shape index (κ2) is 8.26. The van der Waals surface area contributed by atoms with Gasteiger partial charge >= 0.3 is 6.18 Å². The predicted octanol–water partition coefficient (Wildman–Crippen LogP) is 3.34. The second-order valence-corrected chi connectivity index (χ2v) is 7.48. The van der Waals surface area contributed by atoms with Crippen molar-refractivity contribution in [2.24, 2.45) is 0 Å². The quantitative estimate of drug-likeness (QED) is 0.773. The molecular weight excluding hydrogens is 399 g/mol. The Kier molecular flexibility index (Phi) is 6.00. The van der Waals surface area contributed by atoms with Gasteiger partial charge in [0, 0.05) is 13.1 Å². The monoisotopic (exact) mass is 415 g/mol. The lowest BCUT2D eigenvalue weighted by Gasteiger charge is -2.18. The number of amides is 1. The van der Waals surface area contributed by atoms with Gasteiger partial charge in [0.15, 0.2) is 0 Å². The Morgan fingerprint density at radius 3 is 2.67 bits per heavy atom. The molecule has 3 rings (SSSR count). The number of nitrogens with one attached hydrogen (secondary N) is 1. The molecule has 144 valence electrons. The van der Waals surface area contributed by atoms with E-state index in [9.17, 15) is 18.0 Å². The Balaban J connectivity index is 1.73. The molecule has 0 radical (unpaired) electrons. The van der Waals surface area contributed by atoms with E-state index in [1.54, 1.807) is 0 Å². The summed E-state index contributed by atoms with van der Waals surface area (Å²) in [6.07, 6.45) is 0.215. The maximum Gasteiger partial charge on any atom is 0.416 e. The molecule has 0 bridgehead atoms. The molecule has 1 N–H and O–H groups in total. The first-order valence-corrected chi connectivity index (χ1v) is 9.52. The normalized spacial score (nSPS) is 14.4. The lowest BCUT2D eigenvalue weighted by molar-refractivity contribution is -0.137. The fourth-order valence-electron chi connectivity index (χ4n) is 2.65. The van der Waals surface area contributed by atoms with Crippen LogP contribution in [0, 0.1) is 0 Å². The van der Waals surface area contributed by atoms with Gasteiger partial charge in [-0.2, -0.15) is 18.3 Å². The number of hydrogen-bond acceptors (Lipinski definition) is 5. The third-order valence-electron chi connectivity index (χ3n) is 3.95. The van der Waals surface area contributed by atoms with E-state index in [-0.39, 0.29) is 11.4 Å². The van der Waals surface area contributed by atoms with Gasteiger partial charge in [0.25, 0.3) is 0 Å². The third-order valence-corrected chi connectivity index (χ3v) is 5.48. The molecule has 2 aromatic rings. The Morgan fingerprint density at radius 2 is 2.04 bits per heavy atom. The van der Waals surface area contributed by atoms with Crippen molar-refractivity contribution in [3.05, 3.63) is 36.4 Å². The summed E-state index contributed by atoms with van der Waals surface area (Å²) in [7, 11) is 0. The highest BCUT2D eigenvalue weighted by atomic mass is 32.2. The minimum atomic E-state index is -4.52. The molecule has 1 aromatic carbocycles. The smallest absolute Gasteiger partial charge is 0.358 e. The van der Waals surface area contributed by atoms with Crippen LogP contribution in [-0.2, 0) is 11.0 Å². The summed E-state index contributed by atoms with van der Waals surface area (Å²) >= 11 is 6.50. The number of benzene rings is 1. The number of carbonyl (C=O) groups excluding carboxylic acids is 1. The van der Waals surface area contributed by atoms with E-state index in [1.807, 2.05) is 4.90 Å². The molecule has 0 saturated carbocycles. The van der Waals surface area contributed by atoms with Gasteiger partial charge in [-0.15, -0.1) is 0 Å². The molecule has 1 amide bonds. The Bertz CT molecular complexity index is 820. The summed E-state index contributed by atoms with van der Waals surface area (Å²) in [5, 5.41) is 6.44. The van der Waals surface area contributed by atoms with Crippen LogP contribution in [0.15, 0.2) is 30.9 Å². The molecule has 6 nitrogen and oxygen atoms in total. The fraction of sp³-hybridized carbons (Fsp3) is 0.375. The maximum atomic E-state index is 13.0. The van der Waals surface area contributed by atoms with Crippen LogP contribution in [0.4, 0.5) is 18.9 Å². The predicted molar refractivity (Wildman–Crippen MR) is 101 cm³/mol. The number of rotatable bonds is 4. The van der Waals surface area contributed by atoms with Crippen LogP contribution in [0.2, 0.25) is 0 Å². The standard InChI is InChI=1S/C16H16F3N5OS2/c17-16(18,19)11-3-4-13(24-10-20-9-21-24)12(7-11)22-14(25)8-27-15(26)23-5-1-2-6-23/h3-4,7,9-10H,1-2,5-6,8H2,(H,22,25). The van der Waals surface area contributed by atoms with Crippen molar-refractivity contribution in [3.63, 3.8) is 0 Å². The second-order valence-electron chi connectivity index (χ2n) is 5.87.